The molecule has 0 bridgehead atoms. The topological polar surface area (TPSA) is 42.3 Å². The minimum absolute atomic E-state index is 0.0265. The fraction of sp³-hybridized carbons (Fsp3) is 0.375. The Hall–Kier alpha value is -1.88. The standard InChI is InChI=1S/C16H18N2O2S/c1-12-5-2-8-17(16(12)20)11-15(19)18-9-3-6-13(18)14-7-4-10-21-14/h2,4-5,7-8,10,13H,3,6,9,11H2,1H3. The average molecular weight is 302 g/mol. The third kappa shape index (κ3) is 2.78. The van der Waals surface area contributed by atoms with Gasteiger partial charge in [0.25, 0.3) is 5.56 Å². The highest BCUT2D eigenvalue weighted by Gasteiger charge is 2.30. The Labute approximate surface area is 127 Å². The van der Waals surface area contributed by atoms with Gasteiger partial charge < -0.3 is 9.47 Å². The highest BCUT2D eigenvalue weighted by molar-refractivity contribution is 7.10. The molecule has 2 aromatic rings. The van der Waals surface area contributed by atoms with Gasteiger partial charge in [-0.1, -0.05) is 12.1 Å². The van der Waals surface area contributed by atoms with Crippen molar-refractivity contribution >= 4 is 17.2 Å². The van der Waals surface area contributed by atoms with Crippen LogP contribution >= 0.6 is 11.3 Å². The van der Waals surface area contributed by atoms with Crippen LogP contribution in [0.4, 0.5) is 0 Å². The van der Waals surface area contributed by atoms with Gasteiger partial charge in [-0.25, -0.2) is 0 Å². The molecule has 0 aromatic carbocycles. The molecule has 1 amide bonds. The van der Waals surface area contributed by atoms with E-state index in [1.54, 1.807) is 30.5 Å². The van der Waals surface area contributed by atoms with Crippen LogP contribution in [0.3, 0.4) is 0 Å². The molecule has 3 rings (SSSR count). The molecule has 3 heterocycles. The number of hydrogen-bond donors (Lipinski definition) is 0. The zero-order valence-corrected chi connectivity index (χ0v) is 12.8. The zero-order chi connectivity index (χ0) is 14.8. The van der Waals surface area contributed by atoms with Gasteiger partial charge >= 0.3 is 0 Å². The van der Waals surface area contributed by atoms with Gasteiger partial charge in [-0.2, -0.15) is 0 Å². The Morgan fingerprint density at radius 2 is 2.24 bits per heavy atom. The summed E-state index contributed by atoms with van der Waals surface area (Å²) in [5.74, 6) is 0.0265. The van der Waals surface area contributed by atoms with Gasteiger partial charge in [-0.3, -0.25) is 9.59 Å². The predicted octanol–water partition coefficient (Wildman–Crippen LogP) is 2.58. The number of aromatic nitrogens is 1. The molecular weight excluding hydrogens is 284 g/mol. The minimum atomic E-state index is -0.0854. The van der Waals surface area contributed by atoms with E-state index in [1.807, 2.05) is 22.4 Å². The van der Waals surface area contributed by atoms with Crippen molar-refractivity contribution in [1.82, 2.24) is 9.47 Å². The van der Waals surface area contributed by atoms with Crippen molar-refractivity contribution in [2.45, 2.75) is 32.4 Å². The zero-order valence-electron chi connectivity index (χ0n) is 12.0. The first-order valence-electron chi connectivity index (χ1n) is 7.16. The number of thiophene rings is 1. The molecule has 1 aliphatic rings. The molecule has 1 fully saturated rings. The van der Waals surface area contributed by atoms with E-state index in [0.29, 0.717) is 5.56 Å². The number of aryl methyl sites for hydroxylation is 1. The summed E-state index contributed by atoms with van der Waals surface area (Å²) in [6.45, 7) is 2.68. The molecule has 2 aromatic heterocycles. The van der Waals surface area contributed by atoms with Crippen LogP contribution in [-0.2, 0) is 11.3 Å². The average Bonchev–Trinajstić information content (AvgIpc) is 3.13. The van der Waals surface area contributed by atoms with Crippen molar-refractivity contribution in [2.75, 3.05) is 6.54 Å². The van der Waals surface area contributed by atoms with Crippen molar-refractivity contribution < 1.29 is 4.79 Å². The summed E-state index contributed by atoms with van der Waals surface area (Å²) in [5.41, 5.74) is 0.583. The van der Waals surface area contributed by atoms with E-state index in [9.17, 15) is 9.59 Å². The molecule has 0 aliphatic carbocycles. The smallest absolute Gasteiger partial charge is 0.253 e. The third-order valence-corrected chi connectivity index (χ3v) is 4.93. The van der Waals surface area contributed by atoms with E-state index in [-0.39, 0.29) is 24.1 Å². The van der Waals surface area contributed by atoms with Crippen LogP contribution in [0.1, 0.15) is 29.3 Å². The summed E-state index contributed by atoms with van der Waals surface area (Å²) < 4.78 is 1.50. The van der Waals surface area contributed by atoms with Crippen LogP contribution in [-0.4, -0.2) is 21.9 Å². The lowest BCUT2D eigenvalue weighted by molar-refractivity contribution is -0.132. The Balaban J connectivity index is 1.79. The maximum atomic E-state index is 12.6. The van der Waals surface area contributed by atoms with Gasteiger partial charge in [-0.05, 0) is 37.3 Å². The number of nitrogens with zero attached hydrogens (tertiary/aromatic N) is 2. The maximum absolute atomic E-state index is 12.6. The number of likely N-dealkylation sites (tertiary alicyclic amines) is 1. The van der Waals surface area contributed by atoms with Crippen molar-refractivity contribution in [3.05, 3.63) is 56.6 Å². The molecule has 0 saturated carbocycles. The van der Waals surface area contributed by atoms with Gasteiger partial charge in [0.2, 0.25) is 5.91 Å². The summed E-state index contributed by atoms with van der Waals surface area (Å²) in [5, 5.41) is 2.04. The number of pyridine rings is 1. The van der Waals surface area contributed by atoms with Crippen LogP contribution in [0.5, 0.6) is 0 Å². The molecule has 4 nitrogen and oxygen atoms in total. The second-order valence-corrected chi connectivity index (χ2v) is 6.36. The molecule has 1 saturated heterocycles. The minimum Gasteiger partial charge on any atom is -0.333 e. The first-order chi connectivity index (χ1) is 10.2. The van der Waals surface area contributed by atoms with Crippen LogP contribution in [0.25, 0.3) is 0 Å². The summed E-state index contributed by atoms with van der Waals surface area (Å²) in [6.07, 6.45) is 3.72. The van der Waals surface area contributed by atoms with Crippen LogP contribution in [0.15, 0.2) is 40.6 Å². The molecule has 1 aliphatic heterocycles. The normalized spacial score (nSPS) is 18.1. The second-order valence-electron chi connectivity index (χ2n) is 5.38. The highest BCUT2D eigenvalue weighted by Crippen LogP contribution is 2.34. The van der Waals surface area contributed by atoms with E-state index in [2.05, 4.69) is 6.07 Å². The van der Waals surface area contributed by atoms with E-state index < -0.39 is 0 Å². The summed E-state index contributed by atoms with van der Waals surface area (Å²) in [4.78, 5) is 27.7. The number of carbonyl (C=O) groups is 1. The van der Waals surface area contributed by atoms with Crippen molar-refractivity contribution in [3.63, 3.8) is 0 Å². The van der Waals surface area contributed by atoms with E-state index in [1.165, 1.54) is 9.44 Å². The van der Waals surface area contributed by atoms with Crippen LogP contribution in [0.2, 0.25) is 0 Å². The van der Waals surface area contributed by atoms with Gasteiger partial charge in [-0.15, -0.1) is 11.3 Å². The van der Waals surface area contributed by atoms with E-state index in [4.69, 9.17) is 0 Å². The van der Waals surface area contributed by atoms with Gasteiger partial charge in [0.15, 0.2) is 0 Å². The van der Waals surface area contributed by atoms with Crippen LogP contribution < -0.4 is 5.56 Å². The number of carbonyl (C=O) groups excluding carboxylic acids is 1. The Morgan fingerprint density at radius 3 is 3.00 bits per heavy atom. The summed E-state index contributed by atoms with van der Waals surface area (Å²) in [6, 6.07) is 7.86. The third-order valence-electron chi connectivity index (χ3n) is 3.96. The molecule has 5 heteroatoms. The largest absolute Gasteiger partial charge is 0.333 e. The number of amides is 1. The van der Waals surface area contributed by atoms with Gasteiger partial charge in [0, 0.05) is 23.2 Å². The Bertz CT molecular complexity index is 691. The lowest BCUT2D eigenvalue weighted by atomic mass is 10.2. The second kappa shape index (κ2) is 5.85. The summed E-state index contributed by atoms with van der Waals surface area (Å²) in [7, 11) is 0. The Morgan fingerprint density at radius 1 is 1.38 bits per heavy atom. The highest BCUT2D eigenvalue weighted by atomic mass is 32.1. The van der Waals surface area contributed by atoms with Crippen molar-refractivity contribution in [2.24, 2.45) is 0 Å². The van der Waals surface area contributed by atoms with Crippen molar-refractivity contribution in [3.8, 4) is 0 Å². The van der Waals surface area contributed by atoms with Gasteiger partial charge in [0.1, 0.15) is 6.54 Å². The van der Waals surface area contributed by atoms with E-state index >= 15 is 0 Å². The maximum Gasteiger partial charge on any atom is 0.253 e. The molecule has 1 unspecified atom stereocenters. The quantitative estimate of drug-likeness (QED) is 0.874. The fourth-order valence-corrected chi connectivity index (χ4v) is 3.73. The molecule has 0 radical (unpaired) electrons. The Kier molecular flexibility index (Phi) is 3.92. The molecule has 0 spiro atoms. The number of rotatable bonds is 3. The van der Waals surface area contributed by atoms with Crippen LogP contribution in [0, 0.1) is 6.92 Å². The van der Waals surface area contributed by atoms with Crippen molar-refractivity contribution in [1.29, 1.82) is 0 Å². The monoisotopic (exact) mass is 302 g/mol. The molecule has 0 N–H and O–H groups in total. The molecule has 21 heavy (non-hydrogen) atoms. The number of hydrogen-bond acceptors (Lipinski definition) is 3. The predicted molar refractivity (Wildman–Crippen MR) is 83.4 cm³/mol. The molecule has 110 valence electrons. The SMILES string of the molecule is Cc1cccn(CC(=O)N2CCCC2c2cccs2)c1=O. The molecular formula is C16H18N2O2S. The lowest BCUT2D eigenvalue weighted by Crippen LogP contribution is -2.36. The van der Waals surface area contributed by atoms with E-state index in [0.717, 1.165) is 19.4 Å². The molecule has 1 atom stereocenters. The first kappa shape index (κ1) is 14.1. The fourth-order valence-electron chi connectivity index (χ4n) is 2.86. The lowest BCUT2D eigenvalue weighted by Gasteiger charge is -2.24. The summed E-state index contributed by atoms with van der Waals surface area (Å²) >= 11 is 1.69. The first-order valence-corrected chi connectivity index (χ1v) is 8.03. The van der Waals surface area contributed by atoms with Gasteiger partial charge in [0.05, 0.1) is 6.04 Å².